The number of ketones is 1. The van der Waals surface area contributed by atoms with Crippen LogP contribution >= 0.6 is 34.3 Å². The summed E-state index contributed by atoms with van der Waals surface area (Å²) in [6.07, 6.45) is 0. The van der Waals surface area contributed by atoms with E-state index < -0.39 is 5.97 Å². The molecule has 0 aliphatic carbocycles. The number of carbonyl (C=O) groups is 3. The molecular formula is C22H18ClN3O4S2. The monoisotopic (exact) mass is 487 g/mol. The molecule has 0 spiro atoms. The Hall–Kier alpha value is -3.01. The summed E-state index contributed by atoms with van der Waals surface area (Å²) in [7, 11) is 0. The predicted molar refractivity (Wildman–Crippen MR) is 125 cm³/mol. The van der Waals surface area contributed by atoms with Crippen molar-refractivity contribution in [3.8, 4) is 5.69 Å². The molecule has 1 amide bonds. The molecule has 0 atom stereocenters. The van der Waals surface area contributed by atoms with E-state index in [-0.39, 0.29) is 18.3 Å². The van der Waals surface area contributed by atoms with Crippen LogP contribution in [-0.2, 0) is 16.1 Å². The number of benzene rings is 1. The number of thiophene rings is 2. The molecule has 7 nitrogen and oxygen atoms in total. The molecule has 4 aromatic rings. The molecule has 0 aliphatic heterocycles. The van der Waals surface area contributed by atoms with Gasteiger partial charge in [0.25, 0.3) is 0 Å². The van der Waals surface area contributed by atoms with Crippen molar-refractivity contribution < 1.29 is 19.1 Å². The Balaban J connectivity index is 1.45. The van der Waals surface area contributed by atoms with Crippen LogP contribution in [0.3, 0.4) is 0 Å². The molecular weight excluding hydrogens is 470 g/mol. The van der Waals surface area contributed by atoms with E-state index in [1.165, 1.54) is 29.6 Å². The molecule has 0 bridgehead atoms. The number of ether oxygens (including phenoxy) is 1. The Morgan fingerprint density at radius 3 is 2.56 bits per heavy atom. The van der Waals surface area contributed by atoms with Crippen LogP contribution in [0, 0.1) is 6.92 Å². The number of nitrogens with one attached hydrogen (secondary N) is 1. The maximum Gasteiger partial charge on any atom is 0.348 e. The zero-order chi connectivity index (χ0) is 22.8. The van der Waals surface area contributed by atoms with Crippen LogP contribution in [0.5, 0.6) is 0 Å². The standard InChI is InChI=1S/C22H18ClN3O4S2/c1-12-17-9-20(32-21(17)26(25-12)15-5-3-14(23)4-6-15)22(29)30-11-18(28)19-8-7-16(31-19)10-24-13(2)27/h3-9H,10-11H2,1-2H3,(H,24,27). The molecule has 0 fully saturated rings. The summed E-state index contributed by atoms with van der Waals surface area (Å²) in [6, 6.07) is 12.4. The van der Waals surface area contributed by atoms with E-state index in [2.05, 4.69) is 10.4 Å². The van der Waals surface area contributed by atoms with Crippen LogP contribution in [0.15, 0.2) is 42.5 Å². The van der Waals surface area contributed by atoms with Crippen LogP contribution in [0.1, 0.15) is 36.8 Å². The third-order valence-electron chi connectivity index (χ3n) is 4.60. The van der Waals surface area contributed by atoms with Crippen molar-refractivity contribution in [1.29, 1.82) is 0 Å². The smallest absolute Gasteiger partial charge is 0.348 e. The van der Waals surface area contributed by atoms with Crippen molar-refractivity contribution in [3.63, 3.8) is 0 Å². The Morgan fingerprint density at radius 1 is 1.09 bits per heavy atom. The summed E-state index contributed by atoms with van der Waals surface area (Å²) in [6.45, 7) is 3.31. The van der Waals surface area contributed by atoms with Crippen LogP contribution in [-0.4, -0.2) is 34.0 Å². The van der Waals surface area contributed by atoms with Crippen molar-refractivity contribution in [2.75, 3.05) is 6.61 Å². The van der Waals surface area contributed by atoms with Gasteiger partial charge in [0.15, 0.2) is 6.61 Å². The lowest BCUT2D eigenvalue weighted by Crippen LogP contribution is -2.18. The maximum atomic E-state index is 12.6. The predicted octanol–water partition coefficient (Wildman–Crippen LogP) is 4.79. The summed E-state index contributed by atoms with van der Waals surface area (Å²) in [5.41, 5.74) is 1.61. The second-order valence-electron chi connectivity index (χ2n) is 6.98. The van der Waals surface area contributed by atoms with E-state index in [0.717, 1.165) is 26.5 Å². The Labute approximate surface area is 196 Å². The van der Waals surface area contributed by atoms with Crippen LogP contribution in [0.2, 0.25) is 5.02 Å². The SMILES string of the molecule is CC(=O)NCc1ccc(C(=O)COC(=O)c2cc3c(C)nn(-c4ccc(Cl)cc4)c3s2)s1. The number of Topliss-reactive ketones (excluding diaryl/α,β-unsaturated/α-hetero) is 1. The average Bonchev–Trinajstić information content (AvgIpc) is 3.48. The second kappa shape index (κ2) is 9.23. The fourth-order valence-electron chi connectivity index (χ4n) is 3.01. The maximum absolute atomic E-state index is 12.6. The Bertz CT molecular complexity index is 1320. The van der Waals surface area contributed by atoms with Gasteiger partial charge in [-0.3, -0.25) is 9.59 Å². The quantitative estimate of drug-likeness (QED) is 0.299. The van der Waals surface area contributed by atoms with E-state index in [1.54, 1.807) is 35.0 Å². The number of amides is 1. The first-order valence-electron chi connectivity index (χ1n) is 9.60. The van der Waals surface area contributed by atoms with Gasteiger partial charge in [0.1, 0.15) is 9.71 Å². The molecule has 0 saturated heterocycles. The second-order valence-corrected chi connectivity index (χ2v) is 9.61. The molecule has 164 valence electrons. The number of aryl methyl sites for hydroxylation is 1. The molecule has 32 heavy (non-hydrogen) atoms. The van der Waals surface area contributed by atoms with Crippen molar-refractivity contribution >= 4 is 62.2 Å². The van der Waals surface area contributed by atoms with E-state index in [0.29, 0.717) is 21.3 Å². The molecule has 0 unspecified atom stereocenters. The number of hydrogen-bond donors (Lipinski definition) is 1. The van der Waals surface area contributed by atoms with Crippen LogP contribution in [0.25, 0.3) is 15.9 Å². The highest BCUT2D eigenvalue weighted by Gasteiger charge is 2.20. The summed E-state index contributed by atoms with van der Waals surface area (Å²) in [5.74, 6) is -0.989. The van der Waals surface area contributed by atoms with Gasteiger partial charge < -0.3 is 10.1 Å². The number of aromatic nitrogens is 2. The number of rotatable bonds is 7. The topological polar surface area (TPSA) is 90.3 Å². The lowest BCUT2D eigenvalue weighted by molar-refractivity contribution is -0.119. The number of fused-ring (bicyclic) bond motifs is 1. The van der Waals surface area contributed by atoms with E-state index in [9.17, 15) is 14.4 Å². The van der Waals surface area contributed by atoms with Crippen molar-refractivity contribution in [1.82, 2.24) is 15.1 Å². The number of esters is 1. The van der Waals surface area contributed by atoms with Gasteiger partial charge in [-0.05, 0) is 49.4 Å². The first kappa shape index (κ1) is 22.2. The lowest BCUT2D eigenvalue weighted by atomic mass is 10.3. The largest absolute Gasteiger partial charge is 0.453 e. The average molecular weight is 488 g/mol. The van der Waals surface area contributed by atoms with Crippen molar-refractivity contribution in [2.24, 2.45) is 0 Å². The molecule has 3 aromatic heterocycles. The number of halogens is 1. The lowest BCUT2D eigenvalue weighted by Gasteiger charge is -2.03. The van der Waals surface area contributed by atoms with Gasteiger partial charge in [-0.15, -0.1) is 22.7 Å². The molecule has 3 heterocycles. The normalized spacial score (nSPS) is 11.0. The summed E-state index contributed by atoms with van der Waals surface area (Å²) >= 11 is 8.49. The molecule has 0 radical (unpaired) electrons. The number of carbonyl (C=O) groups excluding carboxylic acids is 3. The van der Waals surface area contributed by atoms with Crippen molar-refractivity contribution in [2.45, 2.75) is 20.4 Å². The molecule has 1 aromatic carbocycles. The molecule has 1 N–H and O–H groups in total. The highest BCUT2D eigenvalue weighted by molar-refractivity contribution is 7.20. The van der Waals surface area contributed by atoms with Gasteiger partial charge >= 0.3 is 5.97 Å². The Morgan fingerprint density at radius 2 is 1.84 bits per heavy atom. The van der Waals surface area contributed by atoms with Crippen molar-refractivity contribution in [3.05, 3.63) is 67.8 Å². The van der Waals surface area contributed by atoms with Gasteiger partial charge in [0.2, 0.25) is 11.7 Å². The van der Waals surface area contributed by atoms with Gasteiger partial charge in [0, 0.05) is 22.2 Å². The Kier molecular flexibility index (Phi) is 6.40. The third-order valence-corrected chi connectivity index (χ3v) is 7.07. The third kappa shape index (κ3) is 4.74. The zero-order valence-corrected chi connectivity index (χ0v) is 19.6. The minimum absolute atomic E-state index is 0.141. The van der Waals surface area contributed by atoms with Crippen LogP contribution < -0.4 is 5.32 Å². The van der Waals surface area contributed by atoms with Gasteiger partial charge in [-0.1, -0.05) is 11.6 Å². The minimum Gasteiger partial charge on any atom is -0.453 e. The first-order valence-corrected chi connectivity index (χ1v) is 11.6. The molecule has 10 heteroatoms. The fourth-order valence-corrected chi connectivity index (χ4v) is 5.09. The first-order chi connectivity index (χ1) is 15.3. The highest BCUT2D eigenvalue weighted by Crippen LogP contribution is 2.31. The van der Waals surface area contributed by atoms with Crippen LogP contribution in [0.4, 0.5) is 0 Å². The van der Waals surface area contributed by atoms with E-state index >= 15 is 0 Å². The molecule has 4 rings (SSSR count). The van der Waals surface area contributed by atoms with E-state index in [1.807, 2.05) is 19.1 Å². The minimum atomic E-state index is -0.559. The number of nitrogens with zero attached hydrogens (tertiary/aromatic N) is 2. The van der Waals surface area contributed by atoms with E-state index in [4.69, 9.17) is 16.3 Å². The zero-order valence-electron chi connectivity index (χ0n) is 17.2. The molecule has 0 aliphatic rings. The van der Waals surface area contributed by atoms with Gasteiger partial charge in [0.05, 0.1) is 22.8 Å². The number of hydrogen-bond acceptors (Lipinski definition) is 7. The summed E-state index contributed by atoms with van der Waals surface area (Å²) in [4.78, 5) is 38.5. The molecule has 0 saturated carbocycles. The van der Waals surface area contributed by atoms with Gasteiger partial charge in [-0.2, -0.15) is 5.10 Å². The highest BCUT2D eigenvalue weighted by atomic mass is 35.5. The summed E-state index contributed by atoms with van der Waals surface area (Å²) < 4.78 is 7.02. The fraction of sp³-hybridized carbons (Fsp3) is 0.182. The van der Waals surface area contributed by atoms with Gasteiger partial charge in [-0.25, -0.2) is 9.48 Å². The summed E-state index contributed by atoms with van der Waals surface area (Å²) in [5, 5.41) is 8.71.